The van der Waals surface area contributed by atoms with Gasteiger partial charge in [0.25, 0.3) is 0 Å². The molecule has 7 nitrogen and oxygen atoms in total. The highest BCUT2D eigenvalue weighted by atomic mass is 32.1. The van der Waals surface area contributed by atoms with Gasteiger partial charge in [0.2, 0.25) is 0 Å². The molecule has 3 aliphatic heterocycles. The van der Waals surface area contributed by atoms with Crippen LogP contribution in [0.3, 0.4) is 0 Å². The number of thiocarbonyl (C=S) groups is 1. The van der Waals surface area contributed by atoms with E-state index in [4.69, 9.17) is 35.9 Å². The Kier molecular flexibility index (Phi) is 5.86. The number of hydrogen-bond donors (Lipinski definition) is 2. The Hall–Kier alpha value is -1.50. The van der Waals surface area contributed by atoms with E-state index < -0.39 is 47.9 Å². The fourth-order valence-corrected chi connectivity index (χ4v) is 5.28. The van der Waals surface area contributed by atoms with Crippen molar-refractivity contribution in [1.82, 2.24) is 5.32 Å². The number of rotatable bonds is 3. The molecule has 0 unspecified atom stereocenters. The van der Waals surface area contributed by atoms with Gasteiger partial charge in [0.15, 0.2) is 23.0 Å². The van der Waals surface area contributed by atoms with Crippen molar-refractivity contribution in [2.24, 2.45) is 0 Å². The molecule has 4 fully saturated rings. The number of alkyl halides is 3. The second-order valence-electron chi connectivity index (χ2n) is 9.36. The van der Waals surface area contributed by atoms with Crippen molar-refractivity contribution < 1.29 is 36.9 Å². The average Bonchev–Trinajstić information content (AvgIpc) is 3.48. The van der Waals surface area contributed by atoms with Crippen LogP contribution in [0.1, 0.15) is 45.1 Å². The highest BCUT2D eigenvalue weighted by molar-refractivity contribution is 7.80. The van der Waals surface area contributed by atoms with Crippen LogP contribution in [0.2, 0.25) is 0 Å². The molecule has 0 radical (unpaired) electrons. The van der Waals surface area contributed by atoms with E-state index in [2.05, 4.69) is 10.6 Å². The summed E-state index contributed by atoms with van der Waals surface area (Å²) in [5, 5.41) is 6.16. The minimum Gasteiger partial charge on any atom is -0.354 e. The zero-order chi connectivity index (χ0) is 23.4. The third-order valence-corrected chi connectivity index (χ3v) is 6.66. The molecule has 1 aliphatic carbocycles. The Morgan fingerprint density at radius 2 is 1.85 bits per heavy atom. The van der Waals surface area contributed by atoms with E-state index in [1.54, 1.807) is 13.8 Å². The fraction of sp³-hybridized carbons (Fsp3) is 0.682. The Morgan fingerprint density at radius 3 is 2.58 bits per heavy atom. The van der Waals surface area contributed by atoms with E-state index in [0.717, 1.165) is 37.8 Å². The fourth-order valence-electron chi connectivity index (χ4n) is 5.02. The van der Waals surface area contributed by atoms with Crippen LogP contribution >= 0.6 is 12.2 Å². The van der Waals surface area contributed by atoms with E-state index in [9.17, 15) is 13.2 Å². The van der Waals surface area contributed by atoms with Crippen LogP contribution < -0.4 is 10.6 Å². The maximum atomic E-state index is 13.1. The van der Waals surface area contributed by atoms with Crippen molar-refractivity contribution >= 4 is 23.0 Å². The summed E-state index contributed by atoms with van der Waals surface area (Å²) in [6, 6.07) is 4.41. The molecule has 0 aromatic heterocycles. The zero-order valence-electron chi connectivity index (χ0n) is 18.3. The van der Waals surface area contributed by atoms with Crippen LogP contribution in [0.15, 0.2) is 24.3 Å². The summed E-state index contributed by atoms with van der Waals surface area (Å²) in [4.78, 5) is 0. The molecule has 1 spiro atoms. The monoisotopic (exact) mass is 488 g/mol. The number of hydrogen-bond acceptors (Lipinski definition) is 6. The van der Waals surface area contributed by atoms with Gasteiger partial charge in [-0.25, -0.2) is 0 Å². The number of halogens is 3. The highest BCUT2D eigenvalue weighted by Crippen LogP contribution is 2.44. The van der Waals surface area contributed by atoms with Crippen LogP contribution in [-0.2, 0) is 29.9 Å². The van der Waals surface area contributed by atoms with E-state index in [-0.39, 0.29) is 16.9 Å². The molecule has 3 heterocycles. The predicted molar refractivity (Wildman–Crippen MR) is 115 cm³/mol. The summed E-state index contributed by atoms with van der Waals surface area (Å²) in [5.74, 6) is -1.40. The van der Waals surface area contributed by atoms with Crippen molar-refractivity contribution in [3.8, 4) is 0 Å². The van der Waals surface area contributed by atoms with Crippen LogP contribution in [0.4, 0.5) is 18.9 Å². The maximum Gasteiger partial charge on any atom is 0.416 e. The van der Waals surface area contributed by atoms with Gasteiger partial charge in [-0.15, -0.1) is 0 Å². The second-order valence-corrected chi connectivity index (χ2v) is 9.77. The van der Waals surface area contributed by atoms with Gasteiger partial charge in [0, 0.05) is 18.5 Å². The number of ether oxygens (including phenoxy) is 5. The molecule has 3 saturated heterocycles. The topological polar surface area (TPSA) is 70.2 Å². The van der Waals surface area contributed by atoms with Crippen molar-refractivity contribution in [2.45, 2.75) is 87.9 Å². The first-order valence-corrected chi connectivity index (χ1v) is 11.5. The molecular formula is C22H27F3N2O5S. The van der Waals surface area contributed by atoms with Gasteiger partial charge in [-0.1, -0.05) is 6.07 Å². The molecule has 11 heteroatoms. The normalized spacial score (nSPS) is 34.5. The maximum absolute atomic E-state index is 13.1. The molecule has 5 atom stereocenters. The molecular weight excluding hydrogens is 461 g/mol. The average molecular weight is 489 g/mol. The zero-order valence-corrected chi connectivity index (χ0v) is 19.1. The summed E-state index contributed by atoms with van der Waals surface area (Å²) in [7, 11) is 0. The largest absolute Gasteiger partial charge is 0.416 e. The summed E-state index contributed by atoms with van der Waals surface area (Å²) in [5.41, 5.74) is -0.534. The first kappa shape index (κ1) is 23.3. The lowest BCUT2D eigenvalue weighted by Crippen LogP contribution is -2.53. The summed E-state index contributed by atoms with van der Waals surface area (Å²) in [6.45, 7) is 3.96. The van der Waals surface area contributed by atoms with E-state index in [0.29, 0.717) is 6.61 Å². The Labute approximate surface area is 195 Å². The molecule has 1 aromatic carbocycles. The van der Waals surface area contributed by atoms with Crippen LogP contribution in [0, 0.1) is 0 Å². The van der Waals surface area contributed by atoms with Gasteiger partial charge in [0.1, 0.15) is 18.3 Å². The molecule has 33 heavy (non-hydrogen) atoms. The number of fused-ring (bicyclic) bond motifs is 1. The highest BCUT2D eigenvalue weighted by Gasteiger charge is 2.59. The predicted octanol–water partition coefficient (Wildman–Crippen LogP) is 3.92. The lowest BCUT2D eigenvalue weighted by molar-refractivity contribution is -0.226. The molecule has 182 valence electrons. The lowest BCUT2D eigenvalue weighted by atomic mass is 10.0. The third-order valence-electron chi connectivity index (χ3n) is 6.44. The molecule has 5 rings (SSSR count). The lowest BCUT2D eigenvalue weighted by Gasteiger charge is -2.30. The summed E-state index contributed by atoms with van der Waals surface area (Å²) >= 11 is 5.43. The van der Waals surface area contributed by atoms with Crippen LogP contribution in [-0.4, -0.2) is 53.9 Å². The van der Waals surface area contributed by atoms with Gasteiger partial charge in [-0.3, -0.25) is 0 Å². The Morgan fingerprint density at radius 1 is 1.09 bits per heavy atom. The van der Waals surface area contributed by atoms with Crippen LogP contribution in [0.5, 0.6) is 0 Å². The van der Waals surface area contributed by atoms with Gasteiger partial charge >= 0.3 is 6.18 Å². The van der Waals surface area contributed by atoms with Crippen LogP contribution in [0.25, 0.3) is 0 Å². The van der Waals surface area contributed by atoms with E-state index in [1.807, 2.05) is 0 Å². The first-order valence-electron chi connectivity index (χ1n) is 11.1. The molecule has 1 aromatic rings. The quantitative estimate of drug-likeness (QED) is 0.621. The standard InChI is InChI=1S/C22H27F3N2O5S/c1-20(2)31-17-15(27-19(33)26-13-7-5-6-12(10-13)22(23,24)25)16(29-18(17)32-20)14-11-28-21(30-14)8-3-4-9-21/h5-7,10,14-18H,3-4,8-9,11H2,1-2H3,(H2,26,27,33)/t14-,15+,16-,17-,18-/m1/s1. The van der Waals surface area contributed by atoms with Gasteiger partial charge in [-0.2, -0.15) is 13.2 Å². The Bertz CT molecular complexity index is 908. The first-order chi connectivity index (χ1) is 15.5. The second kappa shape index (κ2) is 8.31. The molecule has 0 bridgehead atoms. The summed E-state index contributed by atoms with van der Waals surface area (Å²) in [6.07, 6.45) is -2.57. The van der Waals surface area contributed by atoms with Gasteiger partial charge < -0.3 is 34.3 Å². The number of benzene rings is 1. The minimum atomic E-state index is -4.44. The number of anilines is 1. The van der Waals surface area contributed by atoms with E-state index in [1.165, 1.54) is 12.1 Å². The van der Waals surface area contributed by atoms with E-state index >= 15 is 0 Å². The van der Waals surface area contributed by atoms with Crippen molar-refractivity contribution in [3.63, 3.8) is 0 Å². The molecule has 1 saturated carbocycles. The van der Waals surface area contributed by atoms with Gasteiger partial charge in [-0.05, 0) is 57.1 Å². The summed E-state index contributed by atoms with van der Waals surface area (Å²) < 4.78 is 69.6. The van der Waals surface area contributed by atoms with Crippen molar-refractivity contribution in [2.75, 3.05) is 11.9 Å². The molecule has 4 aliphatic rings. The SMILES string of the molecule is CC1(C)O[C@H]2O[C@H]([C@H]3COC4(CCCC4)O3)[C@H](NC(=S)Nc3cccc(C(F)(F)F)c3)[C@H]2O1. The van der Waals surface area contributed by atoms with Crippen molar-refractivity contribution in [3.05, 3.63) is 29.8 Å². The molecule has 2 N–H and O–H groups in total. The molecule has 0 amide bonds. The number of nitrogens with one attached hydrogen (secondary N) is 2. The smallest absolute Gasteiger partial charge is 0.354 e. The minimum absolute atomic E-state index is 0.149. The van der Waals surface area contributed by atoms with Gasteiger partial charge in [0.05, 0.1) is 18.2 Å². The Balaban J connectivity index is 1.31. The third kappa shape index (κ3) is 4.71. The van der Waals surface area contributed by atoms with Crippen molar-refractivity contribution in [1.29, 1.82) is 0 Å².